The number of ketones is 1. The zero-order valence-corrected chi connectivity index (χ0v) is 21.1. The molecule has 0 radical (unpaired) electrons. The Bertz CT molecular complexity index is 472. The molecule has 0 rings (SSSR count). The van der Waals surface area contributed by atoms with E-state index in [0.29, 0.717) is 23.6 Å². The first-order valence-electron chi connectivity index (χ1n) is 10.4. The van der Waals surface area contributed by atoms with Gasteiger partial charge in [-0.05, 0) is 30.1 Å². The number of nitrogens with one attached hydrogen (secondary N) is 1. The molecular weight excluding hydrogens is 453 g/mol. The van der Waals surface area contributed by atoms with Gasteiger partial charge >= 0.3 is 0 Å². The van der Waals surface area contributed by atoms with Crippen molar-refractivity contribution < 1.29 is 14.3 Å². The Balaban J connectivity index is 5.47. The molecule has 0 bridgehead atoms. The molecule has 0 heterocycles. The summed E-state index contributed by atoms with van der Waals surface area (Å²) in [5, 5.41) is 3.11. The summed E-state index contributed by atoms with van der Waals surface area (Å²) in [6.07, 6.45) is 2.49. The van der Waals surface area contributed by atoms with Gasteiger partial charge in [-0.25, -0.2) is 0 Å². The number of carbonyl (C=O) groups excluding carboxylic acids is 2. The van der Waals surface area contributed by atoms with Crippen LogP contribution >= 0.6 is 22.6 Å². The largest absolute Gasteiger partial charge is 0.381 e. The molecule has 0 saturated heterocycles. The lowest BCUT2D eigenvalue weighted by molar-refractivity contribution is -0.136. The molecule has 1 N–H and O–H groups in total. The highest BCUT2D eigenvalue weighted by atomic mass is 127. The lowest BCUT2D eigenvalue weighted by Crippen LogP contribution is -2.54. The standard InChI is InChI=1S/C22H42INO3/c1-10-12-27-13-17(11-2)20(26)24-19(18(25)15(3)4)22(8,9)14-21(6,7)16(5)23/h15-17,19H,10-14H2,1-9H3,(H,24,26). The summed E-state index contributed by atoms with van der Waals surface area (Å²) in [6, 6.07) is -0.486. The third-order valence-electron chi connectivity index (χ3n) is 5.44. The second-order valence-corrected chi connectivity index (χ2v) is 11.3. The molecule has 4 nitrogen and oxygen atoms in total. The van der Waals surface area contributed by atoms with Gasteiger partial charge in [0, 0.05) is 16.4 Å². The predicted octanol–water partition coefficient (Wildman–Crippen LogP) is 5.42. The Morgan fingerprint density at radius 3 is 2.00 bits per heavy atom. The van der Waals surface area contributed by atoms with Crippen molar-refractivity contribution in [2.24, 2.45) is 22.7 Å². The molecular formula is C22H42INO3. The molecule has 0 aromatic carbocycles. The number of hydrogen-bond donors (Lipinski definition) is 1. The first kappa shape index (κ1) is 26.8. The second-order valence-electron chi connectivity index (χ2n) is 9.45. The Morgan fingerprint density at radius 2 is 1.59 bits per heavy atom. The first-order valence-corrected chi connectivity index (χ1v) is 11.6. The number of amides is 1. The van der Waals surface area contributed by atoms with E-state index in [-0.39, 0.29) is 34.4 Å². The first-order chi connectivity index (χ1) is 12.3. The van der Waals surface area contributed by atoms with E-state index < -0.39 is 6.04 Å². The second kappa shape index (κ2) is 11.7. The molecule has 0 fully saturated rings. The molecule has 3 unspecified atom stereocenters. The molecule has 3 atom stereocenters. The van der Waals surface area contributed by atoms with Crippen molar-refractivity contribution >= 4 is 34.3 Å². The van der Waals surface area contributed by atoms with Crippen molar-refractivity contribution in [1.29, 1.82) is 0 Å². The number of carbonyl (C=O) groups is 2. The smallest absolute Gasteiger partial charge is 0.226 e. The average molecular weight is 495 g/mol. The molecule has 160 valence electrons. The zero-order valence-electron chi connectivity index (χ0n) is 18.9. The normalized spacial score (nSPS) is 16.1. The Labute approximate surface area is 181 Å². The summed E-state index contributed by atoms with van der Waals surface area (Å²) in [7, 11) is 0. The summed E-state index contributed by atoms with van der Waals surface area (Å²) in [4.78, 5) is 25.9. The van der Waals surface area contributed by atoms with E-state index in [1.54, 1.807) is 0 Å². The van der Waals surface area contributed by atoms with Gasteiger partial charge in [0.2, 0.25) is 5.91 Å². The summed E-state index contributed by atoms with van der Waals surface area (Å²) >= 11 is 2.45. The molecule has 1 amide bonds. The van der Waals surface area contributed by atoms with Gasteiger partial charge < -0.3 is 10.1 Å². The fourth-order valence-corrected chi connectivity index (χ4v) is 3.63. The summed E-state index contributed by atoms with van der Waals surface area (Å²) in [5.41, 5.74) is -0.263. The quantitative estimate of drug-likeness (QED) is 0.211. The Morgan fingerprint density at radius 1 is 1.04 bits per heavy atom. The summed E-state index contributed by atoms with van der Waals surface area (Å²) in [5.74, 6) is -0.298. The summed E-state index contributed by atoms with van der Waals surface area (Å²) < 4.78 is 6.06. The highest BCUT2D eigenvalue weighted by Gasteiger charge is 2.42. The minimum atomic E-state index is -0.486. The van der Waals surface area contributed by atoms with Gasteiger partial charge in [0.05, 0.1) is 18.6 Å². The molecule has 0 aliphatic carbocycles. The molecule has 5 heteroatoms. The van der Waals surface area contributed by atoms with Gasteiger partial charge in [0.1, 0.15) is 0 Å². The van der Waals surface area contributed by atoms with Crippen LogP contribution in [0.1, 0.15) is 81.6 Å². The zero-order chi connectivity index (χ0) is 21.4. The summed E-state index contributed by atoms with van der Waals surface area (Å²) in [6.45, 7) is 19.8. The van der Waals surface area contributed by atoms with E-state index in [9.17, 15) is 9.59 Å². The van der Waals surface area contributed by atoms with Crippen LogP contribution in [-0.4, -0.2) is 34.9 Å². The minimum absolute atomic E-state index is 0.0681. The van der Waals surface area contributed by atoms with Crippen molar-refractivity contribution in [2.45, 2.75) is 91.5 Å². The van der Waals surface area contributed by atoms with E-state index >= 15 is 0 Å². The lowest BCUT2D eigenvalue weighted by atomic mass is 9.68. The fourth-order valence-electron chi connectivity index (χ4n) is 3.41. The number of Topliss-reactive ketones (excluding diaryl/α,β-unsaturated/α-hetero) is 1. The molecule has 0 aliphatic rings. The molecule has 0 aromatic rings. The van der Waals surface area contributed by atoms with Crippen LogP contribution in [0.3, 0.4) is 0 Å². The maximum absolute atomic E-state index is 13.0. The van der Waals surface area contributed by atoms with Crippen LogP contribution in [0, 0.1) is 22.7 Å². The van der Waals surface area contributed by atoms with Gasteiger partial charge in [-0.3, -0.25) is 9.59 Å². The molecule has 27 heavy (non-hydrogen) atoms. The average Bonchev–Trinajstić information content (AvgIpc) is 2.54. The molecule has 0 aromatic heterocycles. The van der Waals surface area contributed by atoms with Crippen LogP contribution in [0.2, 0.25) is 0 Å². The van der Waals surface area contributed by atoms with Crippen molar-refractivity contribution in [3.8, 4) is 0 Å². The van der Waals surface area contributed by atoms with Crippen molar-refractivity contribution in [2.75, 3.05) is 13.2 Å². The predicted molar refractivity (Wildman–Crippen MR) is 122 cm³/mol. The van der Waals surface area contributed by atoms with Gasteiger partial charge in [-0.15, -0.1) is 0 Å². The van der Waals surface area contributed by atoms with Crippen LogP contribution in [0.5, 0.6) is 0 Å². The van der Waals surface area contributed by atoms with E-state index in [4.69, 9.17) is 4.74 Å². The van der Waals surface area contributed by atoms with Crippen molar-refractivity contribution in [3.63, 3.8) is 0 Å². The molecule has 0 aliphatic heterocycles. The van der Waals surface area contributed by atoms with Crippen LogP contribution < -0.4 is 5.32 Å². The van der Waals surface area contributed by atoms with E-state index in [1.807, 2.05) is 20.8 Å². The SMILES string of the molecule is CCCOCC(CC)C(=O)NC(C(=O)C(C)C)C(C)(C)CC(C)(C)C(C)I. The Hall–Kier alpha value is -0.170. The highest BCUT2D eigenvalue weighted by Crippen LogP contribution is 2.41. The highest BCUT2D eigenvalue weighted by molar-refractivity contribution is 14.1. The topological polar surface area (TPSA) is 55.4 Å². The minimum Gasteiger partial charge on any atom is -0.381 e. The third-order valence-corrected chi connectivity index (χ3v) is 7.13. The van der Waals surface area contributed by atoms with Gasteiger partial charge in [-0.2, -0.15) is 0 Å². The number of hydrogen-bond acceptors (Lipinski definition) is 3. The molecule has 0 spiro atoms. The number of ether oxygens (including phenoxy) is 1. The maximum Gasteiger partial charge on any atom is 0.226 e. The Kier molecular flexibility index (Phi) is 11.7. The monoisotopic (exact) mass is 495 g/mol. The van der Waals surface area contributed by atoms with Crippen LogP contribution in [0.25, 0.3) is 0 Å². The van der Waals surface area contributed by atoms with E-state index in [2.05, 4.69) is 69.5 Å². The van der Waals surface area contributed by atoms with Gasteiger partial charge in [0.25, 0.3) is 0 Å². The van der Waals surface area contributed by atoms with Crippen LogP contribution in [0.4, 0.5) is 0 Å². The van der Waals surface area contributed by atoms with Crippen molar-refractivity contribution in [3.05, 3.63) is 0 Å². The third kappa shape index (κ3) is 8.80. The van der Waals surface area contributed by atoms with Crippen LogP contribution in [-0.2, 0) is 14.3 Å². The van der Waals surface area contributed by atoms with E-state index in [1.165, 1.54) is 0 Å². The maximum atomic E-state index is 13.0. The van der Waals surface area contributed by atoms with Gasteiger partial charge in [0.15, 0.2) is 5.78 Å². The van der Waals surface area contributed by atoms with E-state index in [0.717, 1.165) is 12.8 Å². The molecule has 0 saturated carbocycles. The van der Waals surface area contributed by atoms with Gasteiger partial charge in [-0.1, -0.05) is 84.9 Å². The fraction of sp³-hybridized carbons (Fsp3) is 0.909. The van der Waals surface area contributed by atoms with Crippen molar-refractivity contribution in [1.82, 2.24) is 5.32 Å². The van der Waals surface area contributed by atoms with Crippen LogP contribution in [0.15, 0.2) is 0 Å². The lowest BCUT2D eigenvalue weighted by Gasteiger charge is -2.42. The number of alkyl halides is 1. The number of halogens is 1. The number of rotatable bonds is 13.